The monoisotopic (exact) mass is 428 g/mol. The lowest BCUT2D eigenvalue weighted by atomic mass is 9.97. The average Bonchev–Trinajstić information content (AvgIpc) is 3.07. The number of hydrogen-bond acceptors (Lipinski definition) is 4. The van der Waals surface area contributed by atoms with E-state index in [4.69, 9.17) is 0 Å². The Hall–Kier alpha value is -4.26. The summed E-state index contributed by atoms with van der Waals surface area (Å²) in [6.07, 6.45) is 0.0678. The molecule has 1 aliphatic heterocycles. The van der Waals surface area contributed by atoms with Crippen molar-refractivity contribution in [1.29, 1.82) is 0 Å². The molecule has 0 radical (unpaired) electrons. The molecule has 0 aliphatic carbocycles. The molecule has 2 atom stereocenters. The molecule has 0 bridgehead atoms. The van der Waals surface area contributed by atoms with Crippen LogP contribution >= 0.6 is 0 Å². The molecular weight excluding hydrogens is 408 g/mol. The van der Waals surface area contributed by atoms with Crippen molar-refractivity contribution in [1.82, 2.24) is 10.2 Å². The highest BCUT2D eigenvalue weighted by Gasteiger charge is 2.45. The maximum atomic E-state index is 13.1. The van der Waals surface area contributed by atoms with Crippen molar-refractivity contribution in [2.45, 2.75) is 18.5 Å². The maximum absolute atomic E-state index is 13.1. The van der Waals surface area contributed by atoms with E-state index in [1.54, 1.807) is 66.7 Å². The molecule has 7 nitrogen and oxygen atoms in total. The third-order valence-corrected chi connectivity index (χ3v) is 5.42. The van der Waals surface area contributed by atoms with Gasteiger partial charge in [0.2, 0.25) is 0 Å². The maximum Gasteiger partial charge on any atom is 0.328 e. The smallest absolute Gasteiger partial charge is 0.328 e. The van der Waals surface area contributed by atoms with Crippen molar-refractivity contribution >= 4 is 23.7 Å². The lowest BCUT2D eigenvalue weighted by Crippen LogP contribution is -2.58. The minimum absolute atomic E-state index is 0.0678. The van der Waals surface area contributed by atoms with Gasteiger partial charge in [0, 0.05) is 5.56 Å². The number of nitrogens with zero attached hydrogens (tertiary/aromatic N) is 1. The van der Waals surface area contributed by atoms with E-state index in [-0.39, 0.29) is 23.1 Å². The first kappa shape index (κ1) is 21.0. The fourth-order valence-corrected chi connectivity index (χ4v) is 3.86. The van der Waals surface area contributed by atoms with Crippen LogP contribution in [0.3, 0.4) is 0 Å². The second-order valence-corrected chi connectivity index (χ2v) is 7.44. The molecule has 1 heterocycles. The predicted octanol–water partition coefficient (Wildman–Crippen LogP) is 2.78. The normalized spacial score (nSPS) is 14.6. The SMILES string of the molecule is O=C(NC(C(=O)O)C(Cc1ccccc1)N1C(=O)c2ccccc2C1=O)c1ccccc1. The zero-order valence-electron chi connectivity index (χ0n) is 17.0. The minimum Gasteiger partial charge on any atom is -0.480 e. The molecule has 7 heteroatoms. The third-order valence-electron chi connectivity index (χ3n) is 5.42. The number of amides is 3. The zero-order chi connectivity index (χ0) is 22.7. The molecule has 0 aromatic heterocycles. The molecule has 0 saturated carbocycles. The Bertz CT molecular complexity index is 1140. The van der Waals surface area contributed by atoms with Crippen molar-refractivity contribution in [2.75, 3.05) is 0 Å². The summed E-state index contributed by atoms with van der Waals surface area (Å²) in [6.45, 7) is 0. The van der Waals surface area contributed by atoms with Crippen molar-refractivity contribution < 1.29 is 24.3 Å². The van der Waals surface area contributed by atoms with E-state index >= 15 is 0 Å². The van der Waals surface area contributed by atoms with E-state index < -0.39 is 35.8 Å². The Kier molecular flexibility index (Phi) is 5.81. The first-order valence-electron chi connectivity index (χ1n) is 10.1. The molecule has 2 N–H and O–H groups in total. The Balaban J connectivity index is 1.72. The predicted molar refractivity (Wildman–Crippen MR) is 116 cm³/mol. The van der Waals surface area contributed by atoms with E-state index in [0.717, 1.165) is 10.5 Å². The van der Waals surface area contributed by atoms with Gasteiger partial charge in [-0.15, -0.1) is 0 Å². The fourth-order valence-electron chi connectivity index (χ4n) is 3.86. The number of imide groups is 1. The van der Waals surface area contributed by atoms with Gasteiger partial charge in [0.1, 0.15) is 6.04 Å². The summed E-state index contributed by atoms with van der Waals surface area (Å²) < 4.78 is 0. The standard InChI is InChI=1S/C25H20N2O5/c28-22(17-11-5-2-6-12-17)26-21(25(31)32)20(15-16-9-3-1-4-10-16)27-23(29)18-13-7-8-14-19(18)24(27)30/h1-14,20-21H,15H2,(H,26,28)(H,31,32). The molecule has 3 aromatic carbocycles. The summed E-state index contributed by atoms with van der Waals surface area (Å²) in [4.78, 5) is 52.2. The van der Waals surface area contributed by atoms with Gasteiger partial charge in [-0.2, -0.15) is 0 Å². The van der Waals surface area contributed by atoms with Crippen LogP contribution in [0.2, 0.25) is 0 Å². The number of nitrogens with one attached hydrogen (secondary N) is 1. The molecule has 0 spiro atoms. The lowest BCUT2D eigenvalue weighted by Gasteiger charge is -2.31. The van der Waals surface area contributed by atoms with Crippen LogP contribution in [0.15, 0.2) is 84.9 Å². The van der Waals surface area contributed by atoms with Crippen LogP contribution in [0.4, 0.5) is 0 Å². The molecule has 32 heavy (non-hydrogen) atoms. The van der Waals surface area contributed by atoms with Gasteiger partial charge in [-0.25, -0.2) is 4.79 Å². The van der Waals surface area contributed by atoms with Crippen LogP contribution in [0.1, 0.15) is 36.6 Å². The number of carboxylic acid groups (broad SMARTS) is 1. The van der Waals surface area contributed by atoms with Gasteiger partial charge >= 0.3 is 5.97 Å². The van der Waals surface area contributed by atoms with Gasteiger partial charge in [0.05, 0.1) is 17.2 Å². The molecule has 0 fully saturated rings. The van der Waals surface area contributed by atoms with E-state index in [1.807, 2.05) is 6.07 Å². The molecule has 3 amide bonds. The number of hydrogen-bond donors (Lipinski definition) is 2. The van der Waals surface area contributed by atoms with Crippen LogP contribution in [0.25, 0.3) is 0 Å². The molecule has 1 aliphatic rings. The highest BCUT2D eigenvalue weighted by molar-refractivity contribution is 6.21. The van der Waals surface area contributed by atoms with Crippen LogP contribution in [-0.4, -0.2) is 45.8 Å². The van der Waals surface area contributed by atoms with E-state index in [1.165, 1.54) is 12.1 Å². The van der Waals surface area contributed by atoms with Gasteiger partial charge < -0.3 is 10.4 Å². The largest absolute Gasteiger partial charge is 0.480 e. The average molecular weight is 428 g/mol. The first-order chi connectivity index (χ1) is 15.5. The van der Waals surface area contributed by atoms with Crippen LogP contribution in [0, 0.1) is 0 Å². The third kappa shape index (κ3) is 4.00. The fraction of sp³-hybridized carbons (Fsp3) is 0.120. The Morgan fingerprint density at radius 2 is 1.28 bits per heavy atom. The van der Waals surface area contributed by atoms with Gasteiger partial charge in [-0.1, -0.05) is 60.7 Å². The Labute approximate surface area is 184 Å². The summed E-state index contributed by atoms with van der Waals surface area (Å²) in [6, 6.07) is 20.8. The number of carbonyl (C=O) groups is 4. The van der Waals surface area contributed by atoms with E-state index in [2.05, 4.69) is 5.32 Å². The van der Waals surface area contributed by atoms with E-state index in [9.17, 15) is 24.3 Å². The summed E-state index contributed by atoms with van der Waals surface area (Å²) in [7, 11) is 0. The second kappa shape index (κ2) is 8.85. The Morgan fingerprint density at radius 1 is 0.781 bits per heavy atom. The lowest BCUT2D eigenvalue weighted by molar-refractivity contribution is -0.140. The van der Waals surface area contributed by atoms with Crippen molar-refractivity contribution in [2.24, 2.45) is 0 Å². The van der Waals surface area contributed by atoms with Crippen LogP contribution in [0.5, 0.6) is 0 Å². The number of fused-ring (bicyclic) bond motifs is 1. The number of rotatable bonds is 7. The molecular formula is C25H20N2O5. The quantitative estimate of drug-likeness (QED) is 0.563. The summed E-state index contributed by atoms with van der Waals surface area (Å²) in [5, 5.41) is 12.5. The minimum atomic E-state index is -1.51. The van der Waals surface area contributed by atoms with Gasteiger partial charge in [0.15, 0.2) is 0 Å². The number of benzene rings is 3. The van der Waals surface area contributed by atoms with Crippen LogP contribution in [-0.2, 0) is 11.2 Å². The van der Waals surface area contributed by atoms with E-state index in [0.29, 0.717) is 0 Å². The number of aliphatic carboxylic acids is 1. The van der Waals surface area contributed by atoms with Gasteiger partial charge in [-0.3, -0.25) is 19.3 Å². The van der Waals surface area contributed by atoms with Crippen molar-refractivity contribution in [3.8, 4) is 0 Å². The second-order valence-electron chi connectivity index (χ2n) is 7.44. The number of carbonyl (C=O) groups excluding carboxylic acids is 3. The summed E-state index contributed by atoms with van der Waals surface area (Å²) in [5.41, 5.74) is 1.44. The van der Waals surface area contributed by atoms with Crippen LogP contribution < -0.4 is 5.32 Å². The highest BCUT2D eigenvalue weighted by Crippen LogP contribution is 2.27. The molecule has 0 saturated heterocycles. The Morgan fingerprint density at radius 3 is 1.81 bits per heavy atom. The van der Waals surface area contributed by atoms with Gasteiger partial charge in [0.25, 0.3) is 17.7 Å². The zero-order valence-corrected chi connectivity index (χ0v) is 17.0. The first-order valence-corrected chi connectivity index (χ1v) is 10.1. The topological polar surface area (TPSA) is 104 Å². The van der Waals surface area contributed by atoms with Crippen molar-refractivity contribution in [3.05, 3.63) is 107 Å². The molecule has 3 aromatic rings. The van der Waals surface area contributed by atoms with Gasteiger partial charge in [-0.05, 0) is 36.2 Å². The summed E-state index contributed by atoms with van der Waals surface area (Å²) >= 11 is 0. The molecule has 160 valence electrons. The summed E-state index contributed by atoms with van der Waals surface area (Å²) in [5.74, 6) is -3.10. The highest BCUT2D eigenvalue weighted by atomic mass is 16.4. The molecule has 4 rings (SSSR count). The van der Waals surface area contributed by atoms with Crippen molar-refractivity contribution in [3.63, 3.8) is 0 Å². The molecule has 2 unspecified atom stereocenters. The number of carboxylic acids is 1.